The SMILES string of the molecule is COc1ccc2oc(-c3ncc4ccccc4n3)cc2c1. The standard InChI is InChI=1S/C17H12N2O2/c1-20-13-6-7-15-12(8-13)9-16(21-15)17-18-10-11-4-2-3-5-14(11)19-17/h2-10H,1H3. The third-order valence-corrected chi connectivity index (χ3v) is 3.43. The highest BCUT2D eigenvalue weighted by atomic mass is 16.5. The quantitative estimate of drug-likeness (QED) is 0.554. The van der Waals surface area contributed by atoms with Crippen LogP contribution in [0.2, 0.25) is 0 Å². The third kappa shape index (κ3) is 2.01. The molecule has 102 valence electrons. The van der Waals surface area contributed by atoms with E-state index in [-0.39, 0.29) is 0 Å². The zero-order chi connectivity index (χ0) is 14.2. The van der Waals surface area contributed by atoms with Crippen LogP contribution < -0.4 is 4.74 Å². The molecule has 0 N–H and O–H groups in total. The number of benzene rings is 2. The van der Waals surface area contributed by atoms with E-state index in [0.717, 1.165) is 27.6 Å². The van der Waals surface area contributed by atoms with Gasteiger partial charge in [-0.15, -0.1) is 0 Å². The molecule has 4 nitrogen and oxygen atoms in total. The molecular weight excluding hydrogens is 264 g/mol. The van der Waals surface area contributed by atoms with Crippen molar-refractivity contribution in [3.8, 4) is 17.3 Å². The lowest BCUT2D eigenvalue weighted by Gasteiger charge is -1.98. The molecule has 2 aromatic carbocycles. The van der Waals surface area contributed by atoms with Crippen LogP contribution in [0.25, 0.3) is 33.5 Å². The Labute approximate surface area is 121 Å². The molecule has 0 spiro atoms. The van der Waals surface area contributed by atoms with Crippen LogP contribution in [0.4, 0.5) is 0 Å². The first-order valence-electron chi connectivity index (χ1n) is 6.63. The highest BCUT2D eigenvalue weighted by molar-refractivity contribution is 5.84. The second-order valence-electron chi connectivity index (χ2n) is 4.77. The normalized spacial score (nSPS) is 11.1. The van der Waals surface area contributed by atoms with Crippen molar-refractivity contribution in [2.75, 3.05) is 7.11 Å². The minimum absolute atomic E-state index is 0.587. The van der Waals surface area contributed by atoms with Gasteiger partial charge in [-0.05, 0) is 30.3 Å². The monoisotopic (exact) mass is 276 g/mol. The number of fused-ring (bicyclic) bond motifs is 2. The predicted molar refractivity (Wildman–Crippen MR) is 81.3 cm³/mol. The van der Waals surface area contributed by atoms with Crippen molar-refractivity contribution in [1.82, 2.24) is 9.97 Å². The van der Waals surface area contributed by atoms with Crippen molar-refractivity contribution in [3.63, 3.8) is 0 Å². The first-order chi connectivity index (χ1) is 10.3. The summed E-state index contributed by atoms with van der Waals surface area (Å²) in [5.41, 5.74) is 1.70. The number of furan rings is 1. The van der Waals surface area contributed by atoms with Crippen LogP contribution in [0.5, 0.6) is 5.75 Å². The average Bonchev–Trinajstić information content (AvgIpc) is 2.97. The van der Waals surface area contributed by atoms with E-state index in [1.807, 2.05) is 54.7 Å². The lowest BCUT2D eigenvalue weighted by Crippen LogP contribution is -1.87. The van der Waals surface area contributed by atoms with E-state index in [4.69, 9.17) is 9.15 Å². The van der Waals surface area contributed by atoms with E-state index >= 15 is 0 Å². The van der Waals surface area contributed by atoms with Gasteiger partial charge in [0.1, 0.15) is 11.3 Å². The van der Waals surface area contributed by atoms with Crippen LogP contribution in [0, 0.1) is 0 Å². The Kier molecular flexibility index (Phi) is 2.60. The Hall–Kier alpha value is -2.88. The molecule has 21 heavy (non-hydrogen) atoms. The summed E-state index contributed by atoms with van der Waals surface area (Å²) in [4.78, 5) is 8.93. The molecule has 0 aliphatic rings. The van der Waals surface area contributed by atoms with Crippen LogP contribution in [-0.2, 0) is 0 Å². The Morgan fingerprint density at radius 1 is 1.00 bits per heavy atom. The van der Waals surface area contributed by atoms with Gasteiger partial charge >= 0.3 is 0 Å². The summed E-state index contributed by atoms with van der Waals surface area (Å²) >= 11 is 0. The van der Waals surface area contributed by atoms with Crippen LogP contribution in [0.3, 0.4) is 0 Å². The van der Waals surface area contributed by atoms with Gasteiger partial charge in [0.25, 0.3) is 0 Å². The van der Waals surface area contributed by atoms with Gasteiger partial charge in [0, 0.05) is 17.0 Å². The van der Waals surface area contributed by atoms with E-state index in [0.29, 0.717) is 11.6 Å². The van der Waals surface area contributed by atoms with Crippen molar-refractivity contribution in [3.05, 3.63) is 54.7 Å². The Morgan fingerprint density at radius 2 is 1.90 bits per heavy atom. The molecule has 0 amide bonds. The summed E-state index contributed by atoms with van der Waals surface area (Å²) < 4.78 is 11.0. The molecule has 0 bridgehead atoms. The summed E-state index contributed by atoms with van der Waals surface area (Å²) in [5.74, 6) is 2.04. The molecule has 0 fully saturated rings. The molecule has 0 unspecified atom stereocenters. The number of para-hydroxylation sites is 1. The minimum Gasteiger partial charge on any atom is -0.497 e. The third-order valence-electron chi connectivity index (χ3n) is 3.43. The highest BCUT2D eigenvalue weighted by Crippen LogP contribution is 2.29. The highest BCUT2D eigenvalue weighted by Gasteiger charge is 2.10. The van der Waals surface area contributed by atoms with Gasteiger partial charge < -0.3 is 9.15 Å². The van der Waals surface area contributed by atoms with E-state index in [2.05, 4.69) is 9.97 Å². The zero-order valence-electron chi connectivity index (χ0n) is 11.4. The van der Waals surface area contributed by atoms with Crippen LogP contribution in [-0.4, -0.2) is 17.1 Å². The maximum atomic E-state index is 5.82. The number of rotatable bonds is 2. The molecule has 4 aromatic rings. The molecule has 4 heteroatoms. The van der Waals surface area contributed by atoms with Crippen molar-refractivity contribution in [1.29, 1.82) is 0 Å². The second-order valence-corrected chi connectivity index (χ2v) is 4.77. The molecule has 0 saturated heterocycles. The lowest BCUT2D eigenvalue weighted by molar-refractivity contribution is 0.415. The Balaban J connectivity index is 1.87. The van der Waals surface area contributed by atoms with E-state index in [1.54, 1.807) is 7.11 Å². The van der Waals surface area contributed by atoms with Crippen LogP contribution in [0.1, 0.15) is 0 Å². The van der Waals surface area contributed by atoms with Gasteiger partial charge in [-0.2, -0.15) is 0 Å². The number of methoxy groups -OCH3 is 1. The van der Waals surface area contributed by atoms with E-state index in [9.17, 15) is 0 Å². The topological polar surface area (TPSA) is 48.2 Å². The Bertz CT molecular complexity index is 944. The summed E-state index contributed by atoms with van der Waals surface area (Å²) in [6, 6.07) is 15.5. The number of hydrogen-bond donors (Lipinski definition) is 0. The predicted octanol–water partition coefficient (Wildman–Crippen LogP) is 4.05. The fourth-order valence-electron chi connectivity index (χ4n) is 2.35. The van der Waals surface area contributed by atoms with Gasteiger partial charge in [0.15, 0.2) is 11.6 Å². The molecule has 0 radical (unpaired) electrons. The molecule has 0 aliphatic heterocycles. The molecule has 4 rings (SSSR count). The fraction of sp³-hybridized carbons (Fsp3) is 0.0588. The minimum atomic E-state index is 0.587. The maximum Gasteiger partial charge on any atom is 0.196 e. The summed E-state index contributed by atoms with van der Waals surface area (Å²) in [5, 5.41) is 1.99. The zero-order valence-corrected chi connectivity index (χ0v) is 11.4. The molecule has 0 saturated carbocycles. The summed E-state index contributed by atoms with van der Waals surface area (Å²) in [6.45, 7) is 0. The van der Waals surface area contributed by atoms with Crippen molar-refractivity contribution < 1.29 is 9.15 Å². The van der Waals surface area contributed by atoms with Crippen molar-refractivity contribution in [2.24, 2.45) is 0 Å². The molecular formula is C17H12N2O2. The van der Waals surface area contributed by atoms with Crippen LogP contribution >= 0.6 is 0 Å². The molecule has 2 aromatic heterocycles. The summed E-state index contributed by atoms with van der Waals surface area (Å²) in [6.07, 6.45) is 1.81. The fourth-order valence-corrected chi connectivity index (χ4v) is 2.35. The van der Waals surface area contributed by atoms with E-state index < -0.39 is 0 Å². The van der Waals surface area contributed by atoms with Crippen molar-refractivity contribution in [2.45, 2.75) is 0 Å². The van der Waals surface area contributed by atoms with Gasteiger partial charge in [-0.3, -0.25) is 0 Å². The maximum absolute atomic E-state index is 5.82. The first-order valence-corrected chi connectivity index (χ1v) is 6.63. The average molecular weight is 276 g/mol. The second kappa shape index (κ2) is 4.59. The Morgan fingerprint density at radius 3 is 2.81 bits per heavy atom. The molecule has 0 aliphatic carbocycles. The number of aromatic nitrogens is 2. The number of nitrogens with zero attached hydrogens (tertiary/aromatic N) is 2. The molecule has 2 heterocycles. The van der Waals surface area contributed by atoms with Gasteiger partial charge in [-0.1, -0.05) is 18.2 Å². The lowest BCUT2D eigenvalue weighted by atomic mass is 10.2. The molecule has 0 atom stereocenters. The van der Waals surface area contributed by atoms with Gasteiger partial charge in [0.2, 0.25) is 0 Å². The largest absolute Gasteiger partial charge is 0.497 e. The smallest absolute Gasteiger partial charge is 0.196 e. The van der Waals surface area contributed by atoms with Gasteiger partial charge in [0.05, 0.1) is 12.6 Å². The van der Waals surface area contributed by atoms with Gasteiger partial charge in [-0.25, -0.2) is 9.97 Å². The van der Waals surface area contributed by atoms with E-state index in [1.165, 1.54) is 0 Å². The van der Waals surface area contributed by atoms with Crippen LogP contribution in [0.15, 0.2) is 59.1 Å². The first kappa shape index (κ1) is 11.9. The number of ether oxygens (including phenoxy) is 1. The van der Waals surface area contributed by atoms with Crippen molar-refractivity contribution >= 4 is 21.9 Å². The summed E-state index contributed by atoms with van der Waals surface area (Å²) in [7, 11) is 1.65. The number of hydrogen-bond acceptors (Lipinski definition) is 4.